The molecule has 2 rings (SSSR count). The van der Waals surface area contributed by atoms with Crippen LogP contribution in [-0.4, -0.2) is 57.5 Å². The van der Waals surface area contributed by atoms with Crippen LogP contribution in [0.25, 0.3) is 0 Å². The predicted octanol–water partition coefficient (Wildman–Crippen LogP) is 2.17. The number of esters is 1. The fourth-order valence-electron chi connectivity index (χ4n) is 2.80. The maximum absolute atomic E-state index is 12.7. The molecule has 1 aliphatic heterocycles. The van der Waals surface area contributed by atoms with Gasteiger partial charge in [-0.3, -0.25) is 4.90 Å². The average molecular weight is 362 g/mol. The number of nitrogens with one attached hydrogen (secondary N) is 1. The monoisotopic (exact) mass is 362 g/mol. The van der Waals surface area contributed by atoms with Crippen LogP contribution in [-0.2, 0) is 19.0 Å². The van der Waals surface area contributed by atoms with Gasteiger partial charge in [-0.1, -0.05) is 29.8 Å². The van der Waals surface area contributed by atoms with Gasteiger partial charge < -0.3 is 19.5 Å². The van der Waals surface area contributed by atoms with E-state index < -0.39 is 12.0 Å². The second-order valence-electron chi connectivity index (χ2n) is 6.07. The molecule has 1 aromatic rings. The van der Waals surface area contributed by atoms with Crippen LogP contribution < -0.4 is 5.32 Å². The van der Waals surface area contributed by atoms with Crippen molar-refractivity contribution in [3.63, 3.8) is 0 Å². The summed E-state index contributed by atoms with van der Waals surface area (Å²) >= 11 is 0. The molecule has 0 bridgehead atoms. The molecule has 0 saturated heterocycles. The Kier molecular flexibility index (Phi) is 7.17. The maximum atomic E-state index is 12.7. The topological polar surface area (TPSA) is 77.1 Å². The Morgan fingerprint density at radius 3 is 2.35 bits per heavy atom. The van der Waals surface area contributed by atoms with Crippen LogP contribution in [0.4, 0.5) is 4.79 Å². The van der Waals surface area contributed by atoms with E-state index in [4.69, 9.17) is 14.2 Å². The number of ether oxygens (including phenoxy) is 3. The molecule has 2 amide bonds. The van der Waals surface area contributed by atoms with E-state index >= 15 is 0 Å². The van der Waals surface area contributed by atoms with E-state index in [0.717, 1.165) is 11.1 Å². The first-order chi connectivity index (χ1) is 12.5. The molecule has 0 fully saturated rings. The standard InChI is InChI=1S/C19H26N2O5/c1-13-5-7-15(8-6-13)17-16(18(22)26-12-11-25-4)14(2)21(9-10-24-3)19(23)20-17/h5-8,17H,9-12H2,1-4H3,(H,20,23). The number of hydrogen-bond donors (Lipinski definition) is 1. The summed E-state index contributed by atoms with van der Waals surface area (Å²) in [5, 5.41) is 2.90. The molecule has 0 saturated carbocycles. The fraction of sp³-hybridized carbons (Fsp3) is 0.474. The van der Waals surface area contributed by atoms with Crippen LogP contribution in [0.1, 0.15) is 24.1 Å². The third kappa shape index (κ3) is 4.62. The molecule has 0 spiro atoms. The molecule has 7 heteroatoms. The smallest absolute Gasteiger partial charge is 0.338 e. The van der Waals surface area contributed by atoms with E-state index in [1.165, 1.54) is 4.90 Å². The van der Waals surface area contributed by atoms with E-state index in [1.807, 2.05) is 31.2 Å². The van der Waals surface area contributed by atoms with Gasteiger partial charge in [0, 0.05) is 19.9 Å². The highest BCUT2D eigenvalue weighted by Gasteiger charge is 2.36. The van der Waals surface area contributed by atoms with Gasteiger partial charge in [-0.05, 0) is 19.4 Å². The van der Waals surface area contributed by atoms with Crippen molar-refractivity contribution in [2.75, 3.05) is 40.6 Å². The summed E-state index contributed by atoms with van der Waals surface area (Å²) in [6.45, 7) is 4.92. The highest BCUT2D eigenvalue weighted by atomic mass is 16.6. The largest absolute Gasteiger partial charge is 0.460 e. The van der Waals surface area contributed by atoms with Crippen LogP contribution in [0.15, 0.2) is 35.5 Å². The molecule has 7 nitrogen and oxygen atoms in total. The lowest BCUT2D eigenvalue weighted by atomic mass is 9.94. The maximum Gasteiger partial charge on any atom is 0.338 e. The van der Waals surface area contributed by atoms with E-state index in [0.29, 0.717) is 31.0 Å². The summed E-state index contributed by atoms with van der Waals surface area (Å²) in [6.07, 6.45) is 0. The SMILES string of the molecule is COCCOC(=O)C1=C(C)N(CCOC)C(=O)NC1c1ccc(C)cc1. The van der Waals surface area contributed by atoms with Gasteiger partial charge in [0.15, 0.2) is 0 Å². The summed E-state index contributed by atoms with van der Waals surface area (Å²) < 4.78 is 15.3. The van der Waals surface area contributed by atoms with Crippen molar-refractivity contribution < 1.29 is 23.8 Å². The van der Waals surface area contributed by atoms with Crippen LogP contribution in [0, 0.1) is 6.92 Å². The zero-order chi connectivity index (χ0) is 19.1. The number of hydrogen-bond acceptors (Lipinski definition) is 5. The minimum absolute atomic E-state index is 0.152. The van der Waals surface area contributed by atoms with Crippen molar-refractivity contribution in [3.05, 3.63) is 46.7 Å². The zero-order valence-corrected chi connectivity index (χ0v) is 15.7. The first kappa shape index (κ1) is 19.9. The number of carbonyl (C=O) groups excluding carboxylic acids is 2. The van der Waals surface area contributed by atoms with Gasteiger partial charge in [0.25, 0.3) is 0 Å². The number of benzene rings is 1. The molecule has 0 aromatic heterocycles. The van der Waals surface area contributed by atoms with Crippen molar-refractivity contribution in [1.29, 1.82) is 0 Å². The molecule has 142 valence electrons. The second-order valence-corrected chi connectivity index (χ2v) is 6.07. The average Bonchev–Trinajstić information content (AvgIpc) is 2.62. The second kappa shape index (κ2) is 9.35. The zero-order valence-electron chi connectivity index (χ0n) is 15.7. The summed E-state index contributed by atoms with van der Waals surface area (Å²) in [6, 6.07) is 6.88. The van der Waals surface area contributed by atoms with Crippen molar-refractivity contribution in [1.82, 2.24) is 10.2 Å². The molecule has 0 radical (unpaired) electrons. The molecule has 0 aliphatic carbocycles. The third-order valence-electron chi connectivity index (χ3n) is 4.27. The number of amides is 2. The highest BCUT2D eigenvalue weighted by molar-refractivity contribution is 5.95. The van der Waals surface area contributed by atoms with E-state index in [-0.39, 0.29) is 12.6 Å². The Morgan fingerprint density at radius 1 is 1.08 bits per heavy atom. The lowest BCUT2D eigenvalue weighted by Gasteiger charge is -2.35. The van der Waals surface area contributed by atoms with E-state index in [2.05, 4.69) is 5.32 Å². The molecule has 1 heterocycles. The van der Waals surface area contributed by atoms with Gasteiger partial charge in [-0.2, -0.15) is 0 Å². The summed E-state index contributed by atoms with van der Waals surface area (Å²) in [5.74, 6) is -0.465. The van der Waals surface area contributed by atoms with Crippen molar-refractivity contribution in [2.24, 2.45) is 0 Å². The lowest BCUT2D eigenvalue weighted by Crippen LogP contribution is -2.49. The highest BCUT2D eigenvalue weighted by Crippen LogP contribution is 2.31. The van der Waals surface area contributed by atoms with Gasteiger partial charge in [0.2, 0.25) is 0 Å². The fourth-order valence-corrected chi connectivity index (χ4v) is 2.80. The van der Waals surface area contributed by atoms with Crippen LogP contribution in [0.2, 0.25) is 0 Å². The number of aryl methyl sites for hydroxylation is 1. The number of carbonyl (C=O) groups is 2. The molecule has 1 aliphatic rings. The van der Waals surface area contributed by atoms with Gasteiger partial charge in [-0.15, -0.1) is 0 Å². The first-order valence-corrected chi connectivity index (χ1v) is 8.50. The number of nitrogens with zero attached hydrogens (tertiary/aromatic N) is 1. The minimum Gasteiger partial charge on any atom is -0.460 e. The molecule has 1 aromatic carbocycles. The normalized spacial score (nSPS) is 17.3. The summed E-state index contributed by atoms with van der Waals surface area (Å²) in [7, 11) is 3.11. The molecule has 26 heavy (non-hydrogen) atoms. The van der Waals surface area contributed by atoms with Crippen molar-refractivity contribution >= 4 is 12.0 Å². The minimum atomic E-state index is -0.558. The number of methoxy groups -OCH3 is 2. The summed E-state index contributed by atoms with van der Waals surface area (Å²) in [4.78, 5) is 26.8. The molecule has 1 atom stereocenters. The first-order valence-electron chi connectivity index (χ1n) is 8.50. The van der Waals surface area contributed by atoms with E-state index in [1.54, 1.807) is 21.1 Å². The van der Waals surface area contributed by atoms with Gasteiger partial charge >= 0.3 is 12.0 Å². The van der Waals surface area contributed by atoms with Crippen LogP contribution in [0.5, 0.6) is 0 Å². The van der Waals surface area contributed by atoms with Gasteiger partial charge in [0.05, 0.1) is 31.4 Å². The quantitative estimate of drug-likeness (QED) is 0.566. The van der Waals surface area contributed by atoms with Crippen molar-refractivity contribution in [3.8, 4) is 0 Å². The van der Waals surface area contributed by atoms with Gasteiger partial charge in [-0.25, -0.2) is 9.59 Å². The van der Waals surface area contributed by atoms with Crippen LogP contribution in [0.3, 0.4) is 0 Å². The number of allylic oxidation sites excluding steroid dienone is 1. The Morgan fingerprint density at radius 2 is 1.73 bits per heavy atom. The Balaban J connectivity index is 2.38. The molecular formula is C19H26N2O5. The molecule has 1 N–H and O–H groups in total. The van der Waals surface area contributed by atoms with E-state index in [9.17, 15) is 9.59 Å². The molecular weight excluding hydrogens is 336 g/mol. The Hall–Kier alpha value is -2.38. The third-order valence-corrected chi connectivity index (χ3v) is 4.27. The number of rotatable bonds is 8. The Bertz CT molecular complexity index is 669. The van der Waals surface area contributed by atoms with Crippen LogP contribution >= 0.6 is 0 Å². The number of urea groups is 1. The predicted molar refractivity (Wildman–Crippen MR) is 96.6 cm³/mol. The lowest BCUT2D eigenvalue weighted by molar-refractivity contribution is -0.140. The Labute approximate surface area is 153 Å². The summed E-state index contributed by atoms with van der Waals surface area (Å²) in [5.41, 5.74) is 2.91. The van der Waals surface area contributed by atoms with Gasteiger partial charge in [0.1, 0.15) is 6.61 Å². The molecule has 1 unspecified atom stereocenters. The van der Waals surface area contributed by atoms with Crippen molar-refractivity contribution in [2.45, 2.75) is 19.9 Å².